The first-order valence-electron chi connectivity index (χ1n) is 14.8. The SMILES string of the molecule is COC1CCC(C2CNC(NC3CCCC(C(=O)N(CCC(=O)O)CC4CCCCC4)C3)NC2)CC1. The molecule has 1 saturated heterocycles. The van der Waals surface area contributed by atoms with E-state index >= 15 is 0 Å². The largest absolute Gasteiger partial charge is 0.481 e. The van der Waals surface area contributed by atoms with Gasteiger partial charge in [-0.25, -0.2) is 0 Å². The summed E-state index contributed by atoms with van der Waals surface area (Å²) in [6.07, 6.45) is 15.5. The van der Waals surface area contributed by atoms with Gasteiger partial charge in [0.25, 0.3) is 0 Å². The van der Waals surface area contributed by atoms with Crippen LogP contribution in [-0.4, -0.2) is 73.6 Å². The third kappa shape index (κ3) is 8.14. The predicted molar refractivity (Wildman–Crippen MR) is 140 cm³/mol. The van der Waals surface area contributed by atoms with E-state index in [-0.39, 0.29) is 24.5 Å². The molecule has 0 aromatic rings. The van der Waals surface area contributed by atoms with Crippen LogP contribution >= 0.6 is 0 Å². The molecule has 1 aliphatic heterocycles. The Bertz CT molecular complexity index is 685. The van der Waals surface area contributed by atoms with Crippen molar-refractivity contribution in [2.75, 3.05) is 33.3 Å². The minimum atomic E-state index is -0.820. The Balaban J connectivity index is 1.23. The number of aliphatic carboxylic acids is 1. The average molecular weight is 507 g/mol. The molecule has 2 atom stereocenters. The Kier molecular flexibility index (Phi) is 10.9. The van der Waals surface area contributed by atoms with E-state index in [0.29, 0.717) is 30.5 Å². The number of carbonyl (C=O) groups excluding carboxylic acids is 1. The predicted octanol–water partition coefficient (Wildman–Crippen LogP) is 3.32. The highest BCUT2D eigenvalue weighted by Gasteiger charge is 2.34. The summed E-state index contributed by atoms with van der Waals surface area (Å²) in [6.45, 7) is 3.15. The minimum Gasteiger partial charge on any atom is -0.481 e. The van der Waals surface area contributed by atoms with E-state index in [1.807, 2.05) is 12.0 Å². The summed E-state index contributed by atoms with van der Waals surface area (Å²) >= 11 is 0. The quantitative estimate of drug-likeness (QED) is 0.360. The monoisotopic (exact) mass is 506 g/mol. The van der Waals surface area contributed by atoms with Crippen LogP contribution < -0.4 is 16.0 Å². The normalized spacial score (nSPS) is 34.2. The summed E-state index contributed by atoms with van der Waals surface area (Å²) in [4.78, 5) is 26.7. The van der Waals surface area contributed by atoms with Gasteiger partial charge in [0.15, 0.2) is 0 Å². The van der Waals surface area contributed by atoms with Gasteiger partial charge in [0.1, 0.15) is 6.29 Å². The molecular formula is C28H50N4O4. The maximum atomic E-state index is 13.6. The highest BCUT2D eigenvalue weighted by atomic mass is 16.5. The molecule has 36 heavy (non-hydrogen) atoms. The third-order valence-electron chi connectivity index (χ3n) is 9.42. The molecule has 3 aliphatic carbocycles. The minimum absolute atomic E-state index is 0.000874. The molecule has 8 nitrogen and oxygen atoms in total. The number of carboxylic acid groups (broad SMARTS) is 1. The Morgan fingerprint density at radius 2 is 1.64 bits per heavy atom. The summed E-state index contributed by atoms with van der Waals surface area (Å²) < 4.78 is 5.54. The summed E-state index contributed by atoms with van der Waals surface area (Å²) in [6, 6.07) is 0.308. The number of nitrogens with zero attached hydrogens (tertiary/aromatic N) is 1. The molecule has 8 heteroatoms. The number of methoxy groups -OCH3 is 1. The van der Waals surface area contributed by atoms with Crippen molar-refractivity contribution < 1.29 is 19.4 Å². The van der Waals surface area contributed by atoms with E-state index in [9.17, 15) is 14.7 Å². The molecule has 0 radical (unpaired) electrons. The van der Waals surface area contributed by atoms with Crippen LogP contribution in [0, 0.1) is 23.7 Å². The van der Waals surface area contributed by atoms with Crippen LogP contribution in [0.3, 0.4) is 0 Å². The fourth-order valence-electron chi connectivity index (χ4n) is 7.19. The molecule has 4 N–H and O–H groups in total. The molecule has 2 unspecified atom stereocenters. The van der Waals surface area contributed by atoms with Gasteiger partial charge in [0, 0.05) is 45.2 Å². The zero-order chi connectivity index (χ0) is 25.3. The maximum absolute atomic E-state index is 13.6. The third-order valence-corrected chi connectivity index (χ3v) is 9.42. The van der Waals surface area contributed by atoms with E-state index in [1.54, 1.807) is 0 Å². The highest BCUT2D eigenvalue weighted by molar-refractivity contribution is 5.79. The van der Waals surface area contributed by atoms with Gasteiger partial charge in [0.05, 0.1) is 12.5 Å². The van der Waals surface area contributed by atoms with Crippen molar-refractivity contribution >= 4 is 11.9 Å². The molecular weight excluding hydrogens is 456 g/mol. The second kappa shape index (κ2) is 14.1. The van der Waals surface area contributed by atoms with Crippen molar-refractivity contribution in [2.24, 2.45) is 23.7 Å². The summed E-state index contributed by atoms with van der Waals surface area (Å²) in [5.41, 5.74) is 0. The lowest BCUT2D eigenvalue weighted by Crippen LogP contribution is -2.63. The van der Waals surface area contributed by atoms with E-state index in [0.717, 1.165) is 51.2 Å². The van der Waals surface area contributed by atoms with Gasteiger partial charge in [-0.2, -0.15) is 0 Å². The molecule has 4 fully saturated rings. The standard InChI is InChI=1S/C28H50N4O4/c1-36-25-12-10-21(11-13-25)23-17-29-28(30-18-23)31-24-9-5-8-22(16-24)27(35)32(15-14-26(33)34)19-20-6-3-2-4-7-20/h20-25,28-31H,2-19H2,1H3,(H,33,34). The van der Waals surface area contributed by atoms with Crippen molar-refractivity contribution in [3.63, 3.8) is 0 Å². The molecule has 3 saturated carbocycles. The van der Waals surface area contributed by atoms with Crippen molar-refractivity contribution in [1.29, 1.82) is 0 Å². The van der Waals surface area contributed by atoms with Crippen LogP contribution in [0.5, 0.6) is 0 Å². The number of hydrogen-bond donors (Lipinski definition) is 4. The molecule has 4 rings (SSSR count). The fraction of sp³-hybridized carbons (Fsp3) is 0.929. The van der Waals surface area contributed by atoms with E-state index in [1.165, 1.54) is 57.8 Å². The van der Waals surface area contributed by atoms with Crippen LogP contribution in [0.15, 0.2) is 0 Å². The second-order valence-corrected chi connectivity index (χ2v) is 11.9. The zero-order valence-electron chi connectivity index (χ0n) is 22.4. The van der Waals surface area contributed by atoms with Crippen molar-refractivity contribution in [3.05, 3.63) is 0 Å². The molecule has 0 aromatic heterocycles. The number of nitrogens with one attached hydrogen (secondary N) is 3. The van der Waals surface area contributed by atoms with Gasteiger partial charge >= 0.3 is 5.97 Å². The Morgan fingerprint density at radius 3 is 2.31 bits per heavy atom. The van der Waals surface area contributed by atoms with Gasteiger partial charge in [-0.15, -0.1) is 0 Å². The summed E-state index contributed by atoms with van der Waals surface area (Å²) in [5.74, 6) is 1.34. The molecule has 206 valence electrons. The Labute approximate surface area is 217 Å². The van der Waals surface area contributed by atoms with E-state index in [4.69, 9.17) is 4.74 Å². The van der Waals surface area contributed by atoms with E-state index in [2.05, 4.69) is 16.0 Å². The van der Waals surface area contributed by atoms with Gasteiger partial charge < -0.3 is 14.7 Å². The first-order chi connectivity index (χ1) is 17.5. The van der Waals surface area contributed by atoms with Crippen molar-refractivity contribution in [1.82, 2.24) is 20.9 Å². The molecule has 0 aromatic carbocycles. The van der Waals surface area contributed by atoms with Gasteiger partial charge in [-0.3, -0.25) is 25.5 Å². The fourth-order valence-corrected chi connectivity index (χ4v) is 7.19. The van der Waals surface area contributed by atoms with Gasteiger partial charge in [0.2, 0.25) is 5.91 Å². The first kappa shape index (κ1) is 27.8. The topological polar surface area (TPSA) is 103 Å². The second-order valence-electron chi connectivity index (χ2n) is 11.9. The average Bonchev–Trinajstić information content (AvgIpc) is 2.92. The Hall–Kier alpha value is -1.22. The van der Waals surface area contributed by atoms with Crippen LogP contribution in [0.25, 0.3) is 0 Å². The van der Waals surface area contributed by atoms with E-state index < -0.39 is 5.97 Å². The number of carboxylic acids is 1. The molecule has 1 heterocycles. The number of amides is 1. The highest BCUT2D eigenvalue weighted by Crippen LogP contribution is 2.32. The molecule has 4 aliphatic rings. The van der Waals surface area contributed by atoms with Crippen molar-refractivity contribution in [3.8, 4) is 0 Å². The number of rotatable bonds is 10. The summed E-state index contributed by atoms with van der Waals surface area (Å²) in [7, 11) is 1.83. The number of ether oxygens (including phenoxy) is 1. The van der Waals surface area contributed by atoms with Crippen molar-refractivity contribution in [2.45, 2.75) is 108 Å². The number of carbonyl (C=O) groups is 2. The lowest BCUT2D eigenvalue weighted by Gasteiger charge is -2.41. The molecule has 0 spiro atoms. The Morgan fingerprint density at radius 1 is 0.917 bits per heavy atom. The lowest BCUT2D eigenvalue weighted by atomic mass is 9.78. The van der Waals surface area contributed by atoms with Crippen LogP contribution in [0.4, 0.5) is 0 Å². The van der Waals surface area contributed by atoms with Crippen LogP contribution in [0.1, 0.15) is 89.9 Å². The zero-order valence-corrected chi connectivity index (χ0v) is 22.4. The first-order valence-corrected chi connectivity index (χ1v) is 14.8. The summed E-state index contributed by atoms with van der Waals surface area (Å²) in [5, 5.41) is 20.3. The smallest absolute Gasteiger partial charge is 0.305 e. The molecule has 1 amide bonds. The molecule has 0 bridgehead atoms. The van der Waals surface area contributed by atoms with Crippen LogP contribution in [-0.2, 0) is 14.3 Å². The maximum Gasteiger partial charge on any atom is 0.305 e. The van der Waals surface area contributed by atoms with Crippen LogP contribution in [0.2, 0.25) is 0 Å². The number of hydrogen-bond acceptors (Lipinski definition) is 6. The van der Waals surface area contributed by atoms with Gasteiger partial charge in [-0.05, 0) is 75.5 Å². The van der Waals surface area contributed by atoms with Gasteiger partial charge in [-0.1, -0.05) is 25.7 Å². The lowest BCUT2D eigenvalue weighted by molar-refractivity contribution is -0.141.